The van der Waals surface area contributed by atoms with E-state index in [2.05, 4.69) is 66.6 Å². The van der Waals surface area contributed by atoms with Crippen LogP contribution in [0.2, 0.25) is 0 Å². The van der Waals surface area contributed by atoms with Gasteiger partial charge in [-0.3, -0.25) is 9.35 Å². The fourth-order valence-corrected chi connectivity index (χ4v) is 6.41. The number of carbonyl (C=O) groups is 1. The second-order valence-electron chi connectivity index (χ2n) is 13.9. The monoisotopic (exact) mass is 788 g/mol. The number of carbonyl (C=O) groups excluding carboxylic acids is 1. The maximum atomic E-state index is 12.7. The zero-order chi connectivity index (χ0) is 39.7. The van der Waals surface area contributed by atoms with Crippen molar-refractivity contribution in [1.29, 1.82) is 0 Å². The topological polar surface area (TPSA) is 178 Å². The van der Waals surface area contributed by atoms with E-state index in [-0.39, 0.29) is 19.6 Å². The highest BCUT2D eigenvalue weighted by atomic mass is 32.3. The first-order valence-electron chi connectivity index (χ1n) is 20.4. The van der Waals surface area contributed by atoms with Gasteiger partial charge in [0.15, 0.2) is 6.29 Å². The van der Waals surface area contributed by atoms with Crippen molar-refractivity contribution in [3.63, 3.8) is 0 Å². The van der Waals surface area contributed by atoms with E-state index in [9.17, 15) is 28.5 Å². The second-order valence-corrected chi connectivity index (χ2v) is 14.9. The number of aliphatic hydroxyl groups is 3. The minimum absolute atomic E-state index is 0.0306. The fourth-order valence-electron chi connectivity index (χ4n) is 5.90. The Kier molecular flexibility index (Phi) is 30.8. The summed E-state index contributed by atoms with van der Waals surface area (Å²) in [6.07, 6.45) is 28.9. The van der Waals surface area contributed by atoms with Crippen LogP contribution in [0.4, 0.5) is 0 Å². The Balaban J connectivity index is 2.36. The van der Waals surface area contributed by atoms with Gasteiger partial charge in [-0.1, -0.05) is 133 Å². The molecule has 6 unspecified atom stereocenters. The van der Waals surface area contributed by atoms with Gasteiger partial charge in [0.2, 0.25) is 0 Å². The highest BCUT2D eigenvalue weighted by Crippen LogP contribution is 2.26. The maximum Gasteiger partial charge on any atom is 0.397 e. The molecule has 0 saturated carbocycles. The normalized spacial score (nSPS) is 21.6. The van der Waals surface area contributed by atoms with E-state index in [0.29, 0.717) is 13.0 Å². The third-order valence-electron chi connectivity index (χ3n) is 8.97. The average molecular weight is 789 g/mol. The van der Waals surface area contributed by atoms with Crippen molar-refractivity contribution in [2.75, 3.05) is 26.4 Å². The molecule has 0 radical (unpaired) electrons. The van der Waals surface area contributed by atoms with Gasteiger partial charge in [0.25, 0.3) is 0 Å². The lowest BCUT2D eigenvalue weighted by Crippen LogP contribution is -2.60. The third-order valence-corrected chi connectivity index (χ3v) is 9.43. The lowest BCUT2D eigenvalue weighted by molar-refractivity contribution is -0.301. The summed E-state index contributed by atoms with van der Waals surface area (Å²) in [5.74, 6) is -0.413. The van der Waals surface area contributed by atoms with Crippen molar-refractivity contribution in [3.8, 4) is 0 Å². The molecule has 0 aromatic heterocycles. The summed E-state index contributed by atoms with van der Waals surface area (Å²) in [6, 6.07) is 0. The van der Waals surface area contributed by atoms with E-state index in [1.54, 1.807) is 0 Å². The standard InChI is InChI=1S/C41H72O12S/c1-3-5-7-9-11-12-13-14-15-16-17-18-19-20-21-22-23-24-25-26-28-30-37(43)51-35(33-49-31-29-27-10-8-6-4-2)34-50-41-39(45)40(53-54(46,47)48)38(44)36(32-42)52-41/h5,7,11-12,14-15,17-18,35-36,38-42,44-45H,3-4,6,8-10,13,16,19-34H2,1-2H3,(H,46,47,48)/b7-5-,12-11-,15-14-,18-17-. The van der Waals surface area contributed by atoms with Crippen molar-refractivity contribution in [2.45, 2.75) is 179 Å². The van der Waals surface area contributed by atoms with Gasteiger partial charge in [-0.15, -0.1) is 0 Å². The third kappa shape index (κ3) is 26.8. The minimum Gasteiger partial charge on any atom is -0.457 e. The van der Waals surface area contributed by atoms with E-state index >= 15 is 0 Å². The molecule has 0 amide bonds. The van der Waals surface area contributed by atoms with E-state index in [0.717, 1.165) is 77.0 Å². The first-order chi connectivity index (χ1) is 26.1. The molecule has 1 aliphatic heterocycles. The molecule has 13 heteroatoms. The van der Waals surface area contributed by atoms with Crippen molar-refractivity contribution < 1.29 is 56.2 Å². The Morgan fingerprint density at radius 2 is 1.28 bits per heavy atom. The molecule has 0 aromatic carbocycles. The summed E-state index contributed by atoms with van der Waals surface area (Å²) in [6.45, 7) is 3.78. The molecule has 0 spiro atoms. The SMILES string of the molecule is CC/C=C\C/C=C\C/C=C\C/C=C\CCCCCCCCCCC(=O)OC(COCCCCCCCC)COC1OC(CO)C(O)C(OS(=O)(=O)O)C1O. The van der Waals surface area contributed by atoms with Crippen LogP contribution in [0.5, 0.6) is 0 Å². The zero-order valence-electron chi connectivity index (χ0n) is 33.0. The Morgan fingerprint density at radius 3 is 1.87 bits per heavy atom. The van der Waals surface area contributed by atoms with E-state index in [1.165, 1.54) is 38.5 Å². The lowest BCUT2D eigenvalue weighted by Gasteiger charge is -2.41. The molecular formula is C41H72O12S. The predicted molar refractivity (Wildman–Crippen MR) is 211 cm³/mol. The summed E-state index contributed by atoms with van der Waals surface area (Å²) in [5, 5.41) is 30.5. The van der Waals surface area contributed by atoms with Gasteiger partial charge in [-0.25, -0.2) is 4.18 Å². The van der Waals surface area contributed by atoms with Crippen LogP contribution >= 0.6 is 0 Å². The highest BCUT2D eigenvalue weighted by Gasteiger charge is 2.48. The molecule has 1 heterocycles. The molecule has 1 rings (SSSR count). The molecule has 12 nitrogen and oxygen atoms in total. The molecule has 54 heavy (non-hydrogen) atoms. The van der Waals surface area contributed by atoms with Gasteiger partial charge in [0, 0.05) is 13.0 Å². The molecule has 0 aliphatic carbocycles. The Bertz CT molecular complexity index is 1140. The first kappa shape index (κ1) is 50.1. The number of allylic oxidation sites excluding steroid dienone is 8. The van der Waals surface area contributed by atoms with Gasteiger partial charge in [-0.2, -0.15) is 8.42 Å². The Labute approximate surface area is 326 Å². The maximum absolute atomic E-state index is 12.7. The molecule has 0 aromatic rings. The summed E-state index contributed by atoms with van der Waals surface area (Å²) in [4.78, 5) is 12.7. The molecular weight excluding hydrogens is 717 g/mol. The molecule has 1 saturated heterocycles. The largest absolute Gasteiger partial charge is 0.457 e. The highest BCUT2D eigenvalue weighted by molar-refractivity contribution is 7.80. The minimum atomic E-state index is -5.05. The summed E-state index contributed by atoms with van der Waals surface area (Å²) in [5.41, 5.74) is 0. The number of hydrogen-bond donors (Lipinski definition) is 4. The average Bonchev–Trinajstić information content (AvgIpc) is 3.14. The summed E-state index contributed by atoms with van der Waals surface area (Å²) < 4.78 is 58.6. The van der Waals surface area contributed by atoms with Crippen molar-refractivity contribution in [2.24, 2.45) is 0 Å². The molecule has 1 fully saturated rings. The molecule has 1 aliphatic rings. The lowest BCUT2D eigenvalue weighted by atomic mass is 9.99. The number of rotatable bonds is 34. The van der Waals surface area contributed by atoms with Crippen molar-refractivity contribution in [1.82, 2.24) is 0 Å². The number of esters is 1. The summed E-state index contributed by atoms with van der Waals surface area (Å²) in [7, 11) is -5.05. The molecule has 4 N–H and O–H groups in total. The van der Waals surface area contributed by atoms with Crippen LogP contribution in [0.3, 0.4) is 0 Å². The van der Waals surface area contributed by atoms with E-state index in [4.69, 9.17) is 23.5 Å². The van der Waals surface area contributed by atoms with Crippen LogP contribution in [0, 0.1) is 0 Å². The predicted octanol–water partition coefficient (Wildman–Crippen LogP) is 7.63. The van der Waals surface area contributed by atoms with Gasteiger partial charge < -0.3 is 34.3 Å². The van der Waals surface area contributed by atoms with E-state index < -0.39 is 59.8 Å². The molecule has 314 valence electrons. The zero-order valence-corrected chi connectivity index (χ0v) is 33.8. The number of ether oxygens (including phenoxy) is 4. The number of aliphatic hydroxyl groups excluding tert-OH is 3. The summed E-state index contributed by atoms with van der Waals surface area (Å²) >= 11 is 0. The van der Waals surface area contributed by atoms with Crippen LogP contribution in [0.25, 0.3) is 0 Å². The molecule has 0 bridgehead atoms. The smallest absolute Gasteiger partial charge is 0.397 e. The van der Waals surface area contributed by atoms with Gasteiger partial charge in [-0.05, 0) is 51.4 Å². The Morgan fingerprint density at radius 1 is 0.722 bits per heavy atom. The van der Waals surface area contributed by atoms with E-state index in [1.807, 2.05) is 0 Å². The second kappa shape index (κ2) is 33.2. The fraction of sp³-hybridized carbons (Fsp3) is 0.780. The Hall–Kier alpha value is -1.94. The van der Waals surface area contributed by atoms with Gasteiger partial charge >= 0.3 is 16.4 Å². The van der Waals surface area contributed by atoms with Crippen LogP contribution < -0.4 is 0 Å². The van der Waals surface area contributed by atoms with Crippen molar-refractivity contribution in [3.05, 3.63) is 48.6 Å². The van der Waals surface area contributed by atoms with Crippen LogP contribution in [0.15, 0.2) is 48.6 Å². The van der Waals surface area contributed by atoms with Crippen LogP contribution in [0.1, 0.15) is 142 Å². The number of unbranched alkanes of at least 4 members (excludes halogenated alkanes) is 13. The van der Waals surface area contributed by atoms with Crippen LogP contribution in [-0.2, 0) is 38.3 Å². The number of hydrogen-bond acceptors (Lipinski definition) is 11. The van der Waals surface area contributed by atoms with Gasteiger partial charge in [0.1, 0.15) is 30.5 Å². The van der Waals surface area contributed by atoms with Crippen molar-refractivity contribution >= 4 is 16.4 Å². The quantitative estimate of drug-likeness (QED) is 0.0217. The van der Waals surface area contributed by atoms with Gasteiger partial charge in [0.05, 0.1) is 19.8 Å². The first-order valence-corrected chi connectivity index (χ1v) is 21.8. The van der Waals surface area contributed by atoms with Crippen LogP contribution in [-0.4, -0.2) is 97.5 Å². The molecule has 6 atom stereocenters.